The molecule has 0 fully saturated rings. The van der Waals surface area contributed by atoms with E-state index in [1.807, 2.05) is 0 Å². The molecule has 13 N–H and O–H groups in total. The molecule has 16 nitrogen and oxygen atoms in total. The number of carboxylic acid groups (broad SMARTS) is 2. The van der Waals surface area contributed by atoms with Gasteiger partial charge in [-0.05, 0) is 18.8 Å². The number of primary amides is 1. The average Bonchev–Trinajstić information content (AvgIpc) is 2.77. The number of nitrogens with zero attached hydrogens (tertiary/aromatic N) is 1. The van der Waals surface area contributed by atoms with Crippen LogP contribution in [0.25, 0.3) is 0 Å². The van der Waals surface area contributed by atoms with Crippen molar-refractivity contribution in [3.63, 3.8) is 0 Å². The number of nitrogens with one attached hydrogen (secondary N) is 3. The smallest absolute Gasteiger partial charge is 0.326 e. The summed E-state index contributed by atoms with van der Waals surface area (Å²) in [5.74, 6) is -7.18. The largest absolute Gasteiger partial charge is 0.481 e. The van der Waals surface area contributed by atoms with Crippen LogP contribution in [0.2, 0.25) is 0 Å². The van der Waals surface area contributed by atoms with E-state index in [2.05, 4.69) is 20.9 Å². The summed E-state index contributed by atoms with van der Waals surface area (Å²) in [5, 5.41) is 25.1. The van der Waals surface area contributed by atoms with Gasteiger partial charge in [-0.25, -0.2) is 4.79 Å². The fraction of sp³-hybridized carbons (Fsp3) is 0.650. The lowest BCUT2D eigenvalue weighted by Crippen LogP contribution is -2.58. The first-order valence-corrected chi connectivity index (χ1v) is 11.1. The topological polar surface area (TPSA) is 295 Å². The molecule has 0 aliphatic carbocycles. The molecule has 0 aromatic rings. The third-order valence-electron chi connectivity index (χ3n) is 5.17. The van der Waals surface area contributed by atoms with Crippen LogP contribution in [0, 0.1) is 5.92 Å². The van der Waals surface area contributed by atoms with Crippen LogP contribution in [0.4, 0.5) is 0 Å². The number of hydrogen-bond acceptors (Lipinski definition) is 8. The zero-order valence-corrected chi connectivity index (χ0v) is 20.2. The van der Waals surface area contributed by atoms with Crippen LogP contribution in [0.15, 0.2) is 4.99 Å². The second-order valence-corrected chi connectivity index (χ2v) is 8.15. The molecule has 0 aromatic carbocycles. The molecule has 204 valence electrons. The summed E-state index contributed by atoms with van der Waals surface area (Å²) in [4.78, 5) is 75.6. The third kappa shape index (κ3) is 12.5. The summed E-state index contributed by atoms with van der Waals surface area (Å²) in [5.41, 5.74) is 21.4. The van der Waals surface area contributed by atoms with E-state index >= 15 is 0 Å². The van der Waals surface area contributed by atoms with Gasteiger partial charge in [0, 0.05) is 6.54 Å². The van der Waals surface area contributed by atoms with E-state index in [-0.39, 0.29) is 31.3 Å². The van der Waals surface area contributed by atoms with Crippen LogP contribution >= 0.6 is 0 Å². The zero-order chi connectivity index (χ0) is 28.0. The van der Waals surface area contributed by atoms with Gasteiger partial charge in [-0.3, -0.25) is 29.0 Å². The first-order valence-electron chi connectivity index (χ1n) is 11.1. The molecule has 0 aliphatic heterocycles. The second-order valence-electron chi connectivity index (χ2n) is 8.15. The van der Waals surface area contributed by atoms with Gasteiger partial charge in [0.1, 0.15) is 18.1 Å². The van der Waals surface area contributed by atoms with Gasteiger partial charge < -0.3 is 49.1 Å². The summed E-state index contributed by atoms with van der Waals surface area (Å²) in [6.45, 7) is 3.57. The first-order chi connectivity index (χ1) is 16.7. The Bertz CT molecular complexity index is 846. The Labute approximate surface area is 207 Å². The SMILES string of the molecule is CCC(C)C(N)C(=O)NC(CC(=O)O)C(=O)NC(CCCN=C(N)N)C(=O)NC(CC(N)=O)C(=O)O. The lowest BCUT2D eigenvalue weighted by molar-refractivity contribution is -0.144. The second kappa shape index (κ2) is 15.9. The molecule has 0 aromatic heterocycles. The molecule has 0 heterocycles. The summed E-state index contributed by atoms with van der Waals surface area (Å²) in [6.07, 6.45) is -0.915. The molecule has 0 aliphatic rings. The lowest BCUT2D eigenvalue weighted by atomic mass is 9.99. The van der Waals surface area contributed by atoms with Crippen molar-refractivity contribution in [3.05, 3.63) is 0 Å². The maximum absolute atomic E-state index is 12.9. The predicted molar refractivity (Wildman–Crippen MR) is 127 cm³/mol. The van der Waals surface area contributed by atoms with Crippen molar-refractivity contribution in [1.82, 2.24) is 16.0 Å². The summed E-state index contributed by atoms with van der Waals surface area (Å²) in [7, 11) is 0. The highest BCUT2D eigenvalue weighted by Crippen LogP contribution is 2.07. The number of nitrogens with two attached hydrogens (primary N) is 4. The molecule has 0 saturated carbocycles. The number of aliphatic carboxylic acids is 2. The van der Waals surface area contributed by atoms with Gasteiger partial charge in [-0.15, -0.1) is 0 Å². The normalized spacial score (nSPS) is 14.8. The standard InChI is InChI=1S/C20H36N8O8/c1-3-9(2)15(22)18(34)27-11(8-14(30)31)17(33)26-10(5-4-6-25-20(23)24)16(32)28-12(19(35)36)7-13(21)29/h9-12,15H,3-8,22H2,1-2H3,(H2,21,29)(H,26,33)(H,27,34)(H,28,32)(H,30,31)(H,35,36)(H4,23,24,25). The molecule has 0 bridgehead atoms. The number of hydrogen-bond donors (Lipinski definition) is 9. The predicted octanol–water partition coefficient (Wildman–Crippen LogP) is -3.70. The van der Waals surface area contributed by atoms with E-state index in [1.54, 1.807) is 13.8 Å². The van der Waals surface area contributed by atoms with Crippen molar-refractivity contribution in [2.24, 2.45) is 33.8 Å². The fourth-order valence-corrected chi connectivity index (χ4v) is 2.88. The van der Waals surface area contributed by atoms with Crippen LogP contribution in [0.3, 0.4) is 0 Å². The molecule has 0 saturated heterocycles. The Balaban J connectivity index is 5.71. The molecule has 16 heteroatoms. The van der Waals surface area contributed by atoms with Crippen LogP contribution < -0.4 is 38.9 Å². The number of rotatable bonds is 17. The Hall–Kier alpha value is -3.95. The van der Waals surface area contributed by atoms with Gasteiger partial charge in [0.15, 0.2) is 5.96 Å². The highest BCUT2D eigenvalue weighted by molar-refractivity contribution is 5.96. The molecule has 0 radical (unpaired) electrons. The highest BCUT2D eigenvalue weighted by atomic mass is 16.4. The minimum absolute atomic E-state index is 0.0602. The molecular formula is C20H36N8O8. The summed E-state index contributed by atoms with van der Waals surface area (Å²) < 4.78 is 0. The van der Waals surface area contributed by atoms with E-state index in [0.29, 0.717) is 6.42 Å². The monoisotopic (exact) mass is 516 g/mol. The van der Waals surface area contributed by atoms with E-state index in [9.17, 15) is 39.0 Å². The van der Waals surface area contributed by atoms with Crippen LogP contribution in [-0.2, 0) is 28.8 Å². The van der Waals surface area contributed by atoms with Gasteiger partial charge in [-0.1, -0.05) is 20.3 Å². The van der Waals surface area contributed by atoms with Crippen molar-refractivity contribution in [2.45, 2.75) is 70.1 Å². The Morgan fingerprint density at radius 1 is 0.833 bits per heavy atom. The van der Waals surface area contributed by atoms with Gasteiger partial charge in [0.25, 0.3) is 0 Å². The summed E-state index contributed by atoms with van der Waals surface area (Å²) in [6, 6.07) is -5.66. The Kier molecular flexibility index (Phi) is 14.1. The summed E-state index contributed by atoms with van der Waals surface area (Å²) >= 11 is 0. The molecule has 4 amide bonds. The third-order valence-corrected chi connectivity index (χ3v) is 5.17. The number of carbonyl (C=O) groups is 6. The van der Waals surface area contributed by atoms with Crippen molar-refractivity contribution in [3.8, 4) is 0 Å². The van der Waals surface area contributed by atoms with Crippen molar-refractivity contribution in [2.75, 3.05) is 6.54 Å². The number of carbonyl (C=O) groups excluding carboxylic acids is 4. The van der Waals surface area contributed by atoms with Crippen molar-refractivity contribution in [1.29, 1.82) is 0 Å². The Morgan fingerprint density at radius 3 is 1.83 bits per heavy atom. The first kappa shape index (κ1) is 32.0. The molecule has 5 unspecified atom stereocenters. The highest BCUT2D eigenvalue weighted by Gasteiger charge is 2.32. The van der Waals surface area contributed by atoms with Crippen LogP contribution in [0.5, 0.6) is 0 Å². The number of aliphatic imine (C=N–C) groups is 1. The number of carboxylic acids is 2. The van der Waals surface area contributed by atoms with Crippen LogP contribution in [0.1, 0.15) is 46.0 Å². The molecule has 5 atom stereocenters. The molecule has 36 heavy (non-hydrogen) atoms. The zero-order valence-electron chi connectivity index (χ0n) is 20.2. The molecular weight excluding hydrogens is 480 g/mol. The minimum atomic E-state index is -1.67. The van der Waals surface area contributed by atoms with E-state index < -0.39 is 72.6 Å². The lowest BCUT2D eigenvalue weighted by Gasteiger charge is -2.25. The fourth-order valence-electron chi connectivity index (χ4n) is 2.88. The van der Waals surface area contributed by atoms with E-state index in [1.165, 1.54) is 0 Å². The Morgan fingerprint density at radius 2 is 1.36 bits per heavy atom. The van der Waals surface area contributed by atoms with Gasteiger partial charge in [0.05, 0.1) is 18.9 Å². The average molecular weight is 517 g/mol. The van der Waals surface area contributed by atoms with Gasteiger partial charge >= 0.3 is 11.9 Å². The molecule has 0 spiro atoms. The number of guanidine groups is 1. The van der Waals surface area contributed by atoms with Gasteiger partial charge in [-0.2, -0.15) is 0 Å². The van der Waals surface area contributed by atoms with E-state index in [0.717, 1.165) is 0 Å². The van der Waals surface area contributed by atoms with Crippen molar-refractivity contribution >= 4 is 41.5 Å². The van der Waals surface area contributed by atoms with E-state index in [4.69, 9.17) is 22.9 Å². The number of amides is 4. The van der Waals surface area contributed by atoms with Crippen molar-refractivity contribution < 1.29 is 39.0 Å². The van der Waals surface area contributed by atoms with Crippen LogP contribution in [-0.4, -0.2) is 82.5 Å². The maximum atomic E-state index is 12.9. The maximum Gasteiger partial charge on any atom is 0.326 e. The van der Waals surface area contributed by atoms with Gasteiger partial charge in [0.2, 0.25) is 23.6 Å². The quantitative estimate of drug-likeness (QED) is 0.0514. The minimum Gasteiger partial charge on any atom is -0.481 e. The molecule has 0 rings (SSSR count).